The summed E-state index contributed by atoms with van der Waals surface area (Å²) in [5, 5.41) is -0.131. The van der Waals surface area contributed by atoms with Gasteiger partial charge in [-0.25, -0.2) is 13.7 Å². The molecule has 1 aliphatic rings. The minimum atomic E-state index is -5.58. The van der Waals surface area contributed by atoms with E-state index in [-0.39, 0.29) is 9.79 Å². The van der Waals surface area contributed by atoms with E-state index in [2.05, 4.69) is 18.1 Å². The van der Waals surface area contributed by atoms with E-state index in [0.717, 1.165) is 0 Å². The van der Waals surface area contributed by atoms with Crippen LogP contribution in [0.1, 0.15) is 19.1 Å². The predicted octanol–water partition coefficient (Wildman–Crippen LogP) is 1.58. The Labute approximate surface area is 166 Å². The highest BCUT2D eigenvalue weighted by molar-refractivity contribution is 7.71. The van der Waals surface area contributed by atoms with Crippen LogP contribution >= 0.6 is 47.3 Å². The largest absolute Gasteiger partial charge is 0.490 e. The fourth-order valence-corrected chi connectivity index (χ4v) is 5.63. The molecule has 1 aliphatic heterocycles. The van der Waals surface area contributed by atoms with Crippen LogP contribution in [-0.4, -0.2) is 41.8 Å². The SMILES string of the molecule is O=c1[nH]c(=S)n([C@H]2CC[C@@H](COP(=O)(O)OP(=O)(O)OP(=O)(O)O)O2)cc1Cl. The molecule has 28 heavy (non-hydrogen) atoms. The Bertz CT molecular complexity index is 989. The summed E-state index contributed by atoms with van der Waals surface area (Å²) in [7, 11) is -16.3. The molecule has 0 saturated carbocycles. The first kappa shape index (κ1) is 24.0. The molecule has 0 aromatic carbocycles. The molecular formula is C9H14ClN2O12P3S. The van der Waals surface area contributed by atoms with Crippen molar-refractivity contribution in [3.63, 3.8) is 0 Å². The minimum absolute atomic E-state index is 0.0351. The summed E-state index contributed by atoms with van der Waals surface area (Å²) < 4.78 is 52.1. The number of aromatic amines is 1. The summed E-state index contributed by atoms with van der Waals surface area (Å²) in [6.07, 6.45) is 0.483. The van der Waals surface area contributed by atoms with Crippen molar-refractivity contribution in [2.24, 2.45) is 0 Å². The van der Waals surface area contributed by atoms with E-state index in [0.29, 0.717) is 12.8 Å². The molecule has 0 aliphatic carbocycles. The Morgan fingerprint density at radius 3 is 2.46 bits per heavy atom. The van der Waals surface area contributed by atoms with Gasteiger partial charge in [0, 0.05) is 6.20 Å². The van der Waals surface area contributed by atoms with E-state index < -0.39 is 48.0 Å². The minimum Gasteiger partial charge on any atom is -0.352 e. The Balaban J connectivity index is 1.95. The van der Waals surface area contributed by atoms with Crippen LogP contribution in [0, 0.1) is 4.77 Å². The van der Waals surface area contributed by atoms with Crippen molar-refractivity contribution < 1.29 is 51.2 Å². The molecule has 2 rings (SSSR count). The van der Waals surface area contributed by atoms with Crippen molar-refractivity contribution >= 4 is 47.3 Å². The van der Waals surface area contributed by atoms with Crippen molar-refractivity contribution in [1.82, 2.24) is 9.55 Å². The maximum atomic E-state index is 11.7. The molecule has 160 valence electrons. The molecule has 19 heteroatoms. The number of hydrogen-bond donors (Lipinski definition) is 5. The van der Waals surface area contributed by atoms with Gasteiger partial charge in [-0.1, -0.05) is 11.6 Å². The smallest absolute Gasteiger partial charge is 0.352 e. The van der Waals surface area contributed by atoms with E-state index in [4.69, 9.17) is 43.2 Å². The predicted molar refractivity (Wildman–Crippen MR) is 93.9 cm³/mol. The molecule has 0 radical (unpaired) electrons. The average molecular weight is 503 g/mol. The zero-order chi connectivity index (χ0) is 21.3. The molecule has 0 bridgehead atoms. The highest BCUT2D eigenvalue weighted by Gasteiger charge is 2.41. The Morgan fingerprint density at radius 1 is 1.21 bits per heavy atom. The number of H-pyrrole nitrogens is 1. The first-order valence-electron chi connectivity index (χ1n) is 7.12. The number of aromatic nitrogens is 2. The number of rotatable bonds is 8. The van der Waals surface area contributed by atoms with Crippen molar-refractivity contribution in [3.8, 4) is 0 Å². The Morgan fingerprint density at radius 2 is 1.86 bits per heavy atom. The van der Waals surface area contributed by atoms with E-state index >= 15 is 0 Å². The molecule has 4 atom stereocenters. The molecule has 0 amide bonds. The topological polar surface area (TPSA) is 207 Å². The van der Waals surface area contributed by atoms with Gasteiger partial charge < -0.3 is 24.3 Å². The molecule has 2 heterocycles. The number of ether oxygens (including phenoxy) is 1. The Hall–Kier alpha value is -0.240. The maximum absolute atomic E-state index is 11.7. The van der Waals surface area contributed by atoms with Gasteiger partial charge in [-0.05, 0) is 25.1 Å². The van der Waals surface area contributed by atoms with Crippen molar-refractivity contribution in [2.75, 3.05) is 6.61 Å². The summed E-state index contributed by atoms with van der Waals surface area (Å²) in [6.45, 7) is -0.579. The highest BCUT2D eigenvalue weighted by atomic mass is 35.5. The highest BCUT2D eigenvalue weighted by Crippen LogP contribution is 2.66. The lowest BCUT2D eigenvalue weighted by atomic mass is 10.2. The second-order valence-electron chi connectivity index (χ2n) is 5.32. The van der Waals surface area contributed by atoms with E-state index in [1.165, 1.54) is 10.8 Å². The first-order chi connectivity index (χ1) is 12.7. The van der Waals surface area contributed by atoms with E-state index in [9.17, 15) is 23.4 Å². The molecule has 1 saturated heterocycles. The van der Waals surface area contributed by atoms with Gasteiger partial charge in [-0.3, -0.25) is 18.9 Å². The van der Waals surface area contributed by atoms with Crippen LogP contribution < -0.4 is 5.56 Å². The number of hydrogen-bond acceptors (Lipinski definition) is 9. The quantitative estimate of drug-likeness (QED) is 0.253. The number of nitrogens with one attached hydrogen (secondary N) is 1. The van der Waals surface area contributed by atoms with E-state index in [1.54, 1.807) is 0 Å². The van der Waals surface area contributed by atoms with Gasteiger partial charge in [0.05, 0.1) is 12.7 Å². The van der Waals surface area contributed by atoms with Gasteiger partial charge in [0.2, 0.25) is 0 Å². The molecule has 5 N–H and O–H groups in total. The number of halogens is 1. The first-order valence-corrected chi connectivity index (χ1v) is 12.4. The van der Waals surface area contributed by atoms with Crippen LogP contribution in [0.25, 0.3) is 0 Å². The molecule has 1 aromatic heterocycles. The Kier molecular flexibility index (Phi) is 7.61. The third-order valence-corrected chi connectivity index (χ3v) is 7.54. The van der Waals surface area contributed by atoms with Crippen molar-refractivity contribution in [3.05, 3.63) is 26.3 Å². The van der Waals surface area contributed by atoms with Gasteiger partial charge in [-0.2, -0.15) is 8.62 Å². The summed E-state index contributed by atoms with van der Waals surface area (Å²) in [5.41, 5.74) is -0.579. The number of phosphoric ester groups is 1. The van der Waals surface area contributed by atoms with Gasteiger partial charge in [0.1, 0.15) is 11.3 Å². The summed E-state index contributed by atoms with van der Waals surface area (Å²) >= 11 is 10.7. The van der Waals surface area contributed by atoms with Crippen LogP contribution in [0.2, 0.25) is 5.02 Å². The van der Waals surface area contributed by atoms with Gasteiger partial charge in [0.15, 0.2) is 4.77 Å². The fraction of sp³-hybridized carbons (Fsp3) is 0.556. The fourth-order valence-electron chi connectivity index (χ4n) is 2.17. The van der Waals surface area contributed by atoms with Gasteiger partial charge in [-0.15, -0.1) is 0 Å². The second kappa shape index (κ2) is 8.86. The molecule has 14 nitrogen and oxygen atoms in total. The van der Waals surface area contributed by atoms with Crippen LogP contribution in [0.3, 0.4) is 0 Å². The summed E-state index contributed by atoms with van der Waals surface area (Å²) in [5.74, 6) is 0. The van der Waals surface area contributed by atoms with Gasteiger partial charge >= 0.3 is 23.5 Å². The zero-order valence-corrected chi connectivity index (χ0v) is 17.7. The van der Waals surface area contributed by atoms with Crippen LogP contribution in [0.4, 0.5) is 0 Å². The third-order valence-electron chi connectivity index (χ3n) is 3.16. The second-order valence-corrected chi connectivity index (χ2v) is 10.5. The lowest BCUT2D eigenvalue weighted by molar-refractivity contribution is -0.0234. The summed E-state index contributed by atoms with van der Waals surface area (Å²) in [4.78, 5) is 49.1. The molecule has 0 spiro atoms. The van der Waals surface area contributed by atoms with Gasteiger partial charge in [0.25, 0.3) is 5.56 Å². The third kappa shape index (κ3) is 7.22. The monoisotopic (exact) mass is 502 g/mol. The maximum Gasteiger partial charge on any atom is 0.490 e. The zero-order valence-electron chi connectivity index (χ0n) is 13.5. The number of phosphoric acid groups is 3. The lowest BCUT2D eigenvalue weighted by Crippen LogP contribution is -2.19. The molecule has 2 unspecified atom stereocenters. The van der Waals surface area contributed by atoms with Crippen LogP contribution in [0.15, 0.2) is 11.0 Å². The molecule has 1 fully saturated rings. The lowest BCUT2D eigenvalue weighted by Gasteiger charge is -2.19. The molecule has 1 aromatic rings. The molecular weight excluding hydrogens is 489 g/mol. The average Bonchev–Trinajstić information content (AvgIpc) is 2.94. The normalized spacial score (nSPS) is 24.6. The van der Waals surface area contributed by atoms with E-state index in [1.807, 2.05) is 0 Å². The van der Waals surface area contributed by atoms with Crippen molar-refractivity contribution in [1.29, 1.82) is 0 Å². The standard InChI is InChI=1S/C9H14ClN2O12P3S/c10-6-3-12(9(28)11-8(6)13)7-2-1-5(22-7)4-21-26(17,18)24-27(19,20)23-25(14,15)16/h3,5,7H,1-2,4H2,(H,17,18)(H,19,20)(H,11,13,28)(H2,14,15,16)/t5-,7+/m0/s1. The summed E-state index contributed by atoms with van der Waals surface area (Å²) in [6, 6.07) is 0. The van der Waals surface area contributed by atoms with Crippen LogP contribution in [0.5, 0.6) is 0 Å². The number of nitrogens with zero attached hydrogens (tertiary/aromatic N) is 1. The van der Waals surface area contributed by atoms with Crippen LogP contribution in [-0.2, 0) is 31.6 Å². The van der Waals surface area contributed by atoms with Crippen molar-refractivity contribution in [2.45, 2.75) is 25.2 Å².